The van der Waals surface area contributed by atoms with E-state index in [9.17, 15) is 14.7 Å². The van der Waals surface area contributed by atoms with Crippen molar-refractivity contribution in [2.75, 3.05) is 33.3 Å². The highest BCUT2D eigenvalue weighted by atomic mass is 19.1. The summed E-state index contributed by atoms with van der Waals surface area (Å²) in [7, 11) is 1.42. The first kappa shape index (κ1) is 22.8. The number of likely N-dealkylation sites (tertiary alicyclic amines) is 1. The van der Waals surface area contributed by atoms with Gasteiger partial charge in [-0.25, -0.2) is 9.18 Å². The molecule has 1 aromatic heterocycles. The number of aromatic amines is 1. The van der Waals surface area contributed by atoms with Gasteiger partial charge < -0.3 is 19.7 Å². The molecule has 9 heteroatoms. The number of phenols is 1. The van der Waals surface area contributed by atoms with Crippen LogP contribution in [0.15, 0.2) is 36.4 Å². The highest BCUT2D eigenvalue weighted by Crippen LogP contribution is 2.49. The molecule has 3 aromatic rings. The summed E-state index contributed by atoms with van der Waals surface area (Å²) in [5, 5.41) is 10.6. The molecular formula is C27H29FN4O4. The molecule has 3 aliphatic rings. The topological polar surface area (TPSA) is 89.1 Å². The molecule has 36 heavy (non-hydrogen) atoms. The number of aromatic hydroxyl groups is 1. The van der Waals surface area contributed by atoms with E-state index in [-0.39, 0.29) is 29.9 Å². The molecule has 3 aliphatic heterocycles. The third-order valence-corrected chi connectivity index (χ3v) is 7.97. The molecule has 0 saturated carbocycles. The molecule has 2 aromatic carbocycles. The van der Waals surface area contributed by atoms with E-state index in [0.717, 1.165) is 25.9 Å². The molecule has 2 N–H and O–H groups in total. The summed E-state index contributed by atoms with van der Waals surface area (Å²) in [5.41, 5.74) is 1.30. The Hall–Kier alpha value is -3.59. The number of phenolic OH excluding ortho intramolecular Hbond substituents is 1. The lowest BCUT2D eigenvalue weighted by molar-refractivity contribution is -0.133. The SMILES string of the molecule is COc1ccc2[nH]c3c(c2c1F)C[C@@]1(C)C(=O)N(CCN2CCCC2)C(=O)N1[C@@H]3c1cccc(O)c1. The van der Waals surface area contributed by atoms with Gasteiger partial charge in [0.25, 0.3) is 5.91 Å². The Kier molecular flexibility index (Phi) is 5.22. The fourth-order valence-corrected chi connectivity index (χ4v) is 6.19. The van der Waals surface area contributed by atoms with E-state index in [4.69, 9.17) is 4.74 Å². The molecule has 188 valence electrons. The highest BCUT2D eigenvalue weighted by molar-refractivity contribution is 6.08. The van der Waals surface area contributed by atoms with Crippen molar-refractivity contribution in [3.8, 4) is 11.5 Å². The molecule has 4 heterocycles. The van der Waals surface area contributed by atoms with Crippen molar-refractivity contribution in [3.05, 3.63) is 59.0 Å². The number of methoxy groups -OCH3 is 1. The van der Waals surface area contributed by atoms with Crippen molar-refractivity contribution < 1.29 is 23.8 Å². The number of carbonyl (C=O) groups is 2. The smallest absolute Gasteiger partial charge is 0.328 e. The van der Waals surface area contributed by atoms with Crippen LogP contribution in [0.2, 0.25) is 0 Å². The summed E-state index contributed by atoms with van der Waals surface area (Å²) >= 11 is 0. The quantitative estimate of drug-likeness (QED) is 0.529. The number of nitrogens with zero attached hydrogens (tertiary/aromatic N) is 3. The normalized spacial score (nSPS) is 24.0. The van der Waals surface area contributed by atoms with Gasteiger partial charge in [-0.3, -0.25) is 14.6 Å². The number of carbonyl (C=O) groups excluding carboxylic acids is 2. The van der Waals surface area contributed by atoms with Crippen LogP contribution in [0.4, 0.5) is 9.18 Å². The fraction of sp³-hybridized carbons (Fsp3) is 0.407. The van der Waals surface area contributed by atoms with E-state index in [1.807, 2.05) is 6.07 Å². The summed E-state index contributed by atoms with van der Waals surface area (Å²) in [5.74, 6) is -0.608. The third-order valence-electron chi connectivity index (χ3n) is 7.97. The summed E-state index contributed by atoms with van der Waals surface area (Å²) in [4.78, 5) is 36.3. The summed E-state index contributed by atoms with van der Waals surface area (Å²) in [6.45, 7) is 4.66. The zero-order chi connectivity index (χ0) is 25.2. The molecule has 2 saturated heterocycles. The molecule has 8 nitrogen and oxygen atoms in total. The number of benzene rings is 2. The van der Waals surface area contributed by atoms with Crippen LogP contribution in [0.5, 0.6) is 11.5 Å². The molecule has 0 spiro atoms. The van der Waals surface area contributed by atoms with Crippen LogP contribution in [-0.4, -0.2) is 75.6 Å². The van der Waals surface area contributed by atoms with Crippen LogP contribution in [0, 0.1) is 5.82 Å². The molecule has 0 bridgehead atoms. The zero-order valence-electron chi connectivity index (χ0n) is 20.4. The number of fused-ring (bicyclic) bond motifs is 4. The maximum atomic E-state index is 15.5. The average molecular weight is 493 g/mol. The number of ether oxygens (including phenoxy) is 1. The predicted molar refractivity (Wildman–Crippen MR) is 131 cm³/mol. The summed E-state index contributed by atoms with van der Waals surface area (Å²) in [6.07, 6.45) is 2.43. The monoisotopic (exact) mass is 492 g/mol. The first-order chi connectivity index (χ1) is 17.3. The van der Waals surface area contributed by atoms with Crippen molar-refractivity contribution in [3.63, 3.8) is 0 Å². The van der Waals surface area contributed by atoms with Crippen LogP contribution < -0.4 is 4.74 Å². The second-order valence-electron chi connectivity index (χ2n) is 10.1. The number of rotatable bonds is 5. The largest absolute Gasteiger partial charge is 0.508 e. The molecule has 2 fully saturated rings. The van der Waals surface area contributed by atoms with E-state index in [0.29, 0.717) is 40.8 Å². The van der Waals surface area contributed by atoms with Crippen LogP contribution in [0.3, 0.4) is 0 Å². The first-order valence-electron chi connectivity index (χ1n) is 12.4. The number of nitrogens with one attached hydrogen (secondary N) is 1. The Morgan fingerprint density at radius 2 is 1.94 bits per heavy atom. The maximum absolute atomic E-state index is 15.5. The minimum atomic E-state index is -1.20. The molecule has 0 radical (unpaired) electrons. The lowest BCUT2D eigenvalue weighted by Crippen LogP contribution is -2.53. The number of H-pyrrole nitrogens is 1. The van der Waals surface area contributed by atoms with Crippen LogP contribution >= 0.6 is 0 Å². The van der Waals surface area contributed by atoms with Gasteiger partial charge in [0.2, 0.25) is 0 Å². The lowest BCUT2D eigenvalue weighted by atomic mass is 9.81. The van der Waals surface area contributed by atoms with E-state index in [2.05, 4.69) is 9.88 Å². The molecule has 2 atom stereocenters. The lowest BCUT2D eigenvalue weighted by Gasteiger charge is -2.42. The van der Waals surface area contributed by atoms with Crippen molar-refractivity contribution in [1.29, 1.82) is 0 Å². The van der Waals surface area contributed by atoms with E-state index < -0.39 is 17.4 Å². The van der Waals surface area contributed by atoms with Crippen molar-refractivity contribution in [2.24, 2.45) is 0 Å². The van der Waals surface area contributed by atoms with Gasteiger partial charge in [0, 0.05) is 36.1 Å². The number of aromatic nitrogens is 1. The number of amides is 3. The van der Waals surface area contributed by atoms with Crippen LogP contribution in [-0.2, 0) is 11.2 Å². The van der Waals surface area contributed by atoms with Crippen LogP contribution in [0.1, 0.15) is 42.6 Å². The molecule has 6 rings (SSSR count). The molecule has 0 unspecified atom stereocenters. The molecule has 0 aliphatic carbocycles. The summed E-state index contributed by atoms with van der Waals surface area (Å²) < 4.78 is 20.8. The van der Waals surface area contributed by atoms with Gasteiger partial charge in [-0.1, -0.05) is 12.1 Å². The standard InChI is InChI=1S/C27H29FN4O4/c1-27-15-18-21-19(8-9-20(36-2)22(21)28)29-23(18)24(16-6-5-7-17(33)14-16)32(27)26(35)31(25(27)34)13-12-30-10-3-4-11-30/h5-9,14,24,29,33H,3-4,10-13,15H2,1-2H3/t24-,27+/m1/s1. The van der Waals surface area contributed by atoms with Gasteiger partial charge in [-0.05, 0) is 68.2 Å². The van der Waals surface area contributed by atoms with E-state index in [1.54, 1.807) is 42.2 Å². The minimum Gasteiger partial charge on any atom is -0.508 e. The zero-order valence-corrected chi connectivity index (χ0v) is 20.4. The van der Waals surface area contributed by atoms with Gasteiger partial charge >= 0.3 is 6.03 Å². The highest BCUT2D eigenvalue weighted by Gasteiger charge is 2.60. The van der Waals surface area contributed by atoms with Crippen molar-refractivity contribution in [2.45, 2.75) is 37.8 Å². The number of halogens is 1. The van der Waals surface area contributed by atoms with Gasteiger partial charge in [0.1, 0.15) is 17.3 Å². The van der Waals surface area contributed by atoms with Gasteiger partial charge in [0.05, 0.1) is 7.11 Å². The number of urea groups is 1. The Balaban J connectivity index is 1.50. The van der Waals surface area contributed by atoms with Crippen molar-refractivity contribution in [1.82, 2.24) is 19.7 Å². The number of hydrogen-bond acceptors (Lipinski definition) is 5. The number of hydrogen-bond donors (Lipinski definition) is 2. The Bertz CT molecular complexity index is 1380. The van der Waals surface area contributed by atoms with Gasteiger partial charge in [-0.2, -0.15) is 0 Å². The van der Waals surface area contributed by atoms with Gasteiger partial charge in [-0.15, -0.1) is 0 Å². The Morgan fingerprint density at radius 1 is 1.17 bits per heavy atom. The molecular weight excluding hydrogens is 463 g/mol. The Morgan fingerprint density at radius 3 is 2.67 bits per heavy atom. The third kappa shape index (κ3) is 3.22. The Labute approximate surface area is 208 Å². The second-order valence-corrected chi connectivity index (χ2v) is 10.1. The molecule has 3 amide bonds. The average Bonchev–Trinajstić information content (AvgIpc) is 3.54. The fourth-order valence-electron chi connectivity index (χ4n) is 6.19. The predicted octanol–water partition coefficient (Wildman–Crippen LogP) is 3.79. The minimum absolute atomic E-state index is 0.0501. The summed E-state index contributed by atoms with van der Waals surface area (Å²) in [6, 6.07) is 8.91. The maximum Gasteiger partial charge on any atom is 0.328 e. The van der Waals surface area contributed by atoms with E-state index in [1.165, 1.54) is 12.0 Å². The first-order valence-corrected chi connectivity index (χ1v) is 12.4. The van der Waals surface area contributed by atoms with Crippen LogP contribution in [0.25, 0.3) is 10.9 Å². The number of imide groups is 1. The second kappa shape index (κ2) is 8.23. The van der Waals surface area contributed by atoms with Gasteiger partial charge in [0.15, 0.2) is 11.6 Å². The van der Waals surface area contributed by atoms with Crippen molar-refractivity contribution >= 4 is 22.8 Å². The van der Waals surface area contributed by atoms with E-state index >= 15 is 4.39 Å².